The van der Waals surface area contributed by atoms with Crippen LogP contribution < -0.4 is 9.47 Å². The highest BCUT2D eigenvalue weighted by molar-refractivity contribution is 5.53. The van der Waals surface area contributed by atoms with Gasteiger partial charge in [0.05, 0.1) is 14.2 Å². The lowest BCUT2D eigenvalue weighted by molar-refractivity contribution is 0.353. The molecule has 0 aliphatic carbocycles. The summed E-state index contributed by atoms with van der Waals surface area (Å²) in [5.41, 5.74) is 1.63. The van der Waals surface area contributed by atoms with Gasteiger partial charge in [0.25, 0.3) is 0 Å². The van der Waals surface area contributed by atoms with Crippen LogP contribution >= 0.6 is 0 Å². The Morgan fingerprint density at radius 2 is 1.75 bits per heavy atom. The van der Waals surface area contributed by atoms with E-state index in [1.165, 1.54) is 0 Å². The van der Waals surface area contributed by atoms with Crippen LogP contribution in [0.1, 0.15) is 11.1 Å². The summed E-state index contributed by atoms with van der Waals surface area (Å²) in [5, 5.41) is 0. The van der Waals surface area contributed by atoms with Crippen LogP contribution in [0.4, 0.5) is 0 Å². The third-order valence-corrected chi connectivity index (χ3v) is 1.75. The molecule has 0 spiro atoms. The highest BCUT2D eigenvalue weighted by Crippen LogP contribution is 2.31. The molecule has 1 rings (SSSR count). The molecule has 0 saturated carbocycles. The van der Waals surface area contributed by atoms with Gasteiger partial charge in [-0.2, -0.15) is 0 Å². The Morgan fingerprint density at radius 1 is 1.08 bits per heavy atom. The molecule has 0 saturated heterocycles. The number of ether oxygens (including phenoxy) is 2. The molecule has 1 aromatic carbocycles. The Morgan fingerprint density at radius 3 is 2.25 bits per heavy atom. The molecular formula is C10H12O2. The molecule has 0 heterocycles. The van der Waals surface area contributed by atoms with Crippen molar-refractivity contribution in [2.75, 3.05) is 14.2 Å². The van der Waals surface area contributed by atoms with Gasteiger partial charge in [0.15, 0.2) is 11.5 Å². The minimum atomic E-state index is 0.657. The second-order valence-corrected chi connectivity index (χ2v) is 2.44. The van der Waals surface area contributed by atoms with Crippen LogP contribution in [-0.2, 0) is 0 Å². The smallest absolute Gasteiger partial charge is 0.164 e. The lowest BCUT2D eigenvalue weighted by Crippen LogP contribution is -1.94. The first-order chi connectivity index (χ1) is 5.70. The van der Waals surface area contributed by atoms with E-state index in [2.05, 4.69) is 13.8 Å². The van der Waals surface area contributed by atoms with Gasteiger partial charge < -0.3 is 9.47 Å². The molecule has 0 aliphatic rings. The molecule has 2 nitrogen and oxygen atoms in total. The zero-order chi connectivity index (χ0) is 9.14. The largest absolute Gasteiger partial charge is 0.493 e. The minimum absolute atomic E-state index is 0.657. The van der Waals surface area contributed by atoms with E-state index in [0.29, 0.717) is 11.5 Å². The molecule has 12 heavy (non-hydrogen) atoms. The number of methoxy groups -OCH3 is 2. The van der Waals surface area contributed by atoms with Crippen molar-refractivity contribution in [3.63, 3.8) is 0 Å². The molecule has 1 aromatic rings. The predicted molar refractivity (Wildman–Crippen MR) is 48.5 cm³/mol. The molecule has 0 bridgehead atoms. The Balaban J connectivity index is 3.25. The van der Waals surface area contributed by atoms with Crippen molar-refractivity contribution in [3.8, 4) is 11.5 Å². The molecule has 2 radical (unpaired) electrons. The third-order valence-electron chi connectivity index (χ3n) is 1.75. The highest BCUT2D eigenvalue weighted by Gasteiger charge is 2.07. The number of rotatable bonds is 2. The summed E-state index contributed by atoms with van der Waals surface area (Å²) in [6.45, 7) is 7.64. The van der Waals surface area contributed by atoms with Crippen molar-refractivity contribution in [2.24, 2.45) is 0 Å². The molecule has 0 aliphatic heterocycles. The van der Waals surface area contributed by atoms with Gasteiger partial charge in [0.1, 0.15) is 0 Å². The van der Waals surface area contributed by atoms with E-state index >= 15 is 0 Å². The number of hydrogen-bond donors (Lipinski definition) is 0. The highest BCUT2D eigenvalue weighted by atomic mass is 16.5. The lowest BCUT2D eigenvalue weighted by atomic mass is 10.1. The van der Waals surface area contributed by atoms with Gasteiger partial charge in [0.2, 0.25) is 0 Å². The fourth-order valence-corrected chi connectivity index (χ4v) is 1.03. The van der Waals surface area contributed by atoms with Gasteiger partial charge in [-0.15, -0.1) is 0 Å². The van der Waals surface area contributed by atoms with Crippen molar-refractivity contribution in [2.45, 2.75) is 0 Å². The monoisotopic (exact) mass is 164 g/mol. The average molecular weight is 164 g/mol. The second kappa shape index (κ2) is 3.48. The van der Waals surface area contributed by atoms with E-state index in [-0.39, 0.29) is 0 Å². The second-order valence-electron chi connectivity index (χ2n) is 2.44. The summed E-state index contributed by atoms with van der Waals surface area (Å²) in [5.74, 6) is 1.35. The van der Waals surface area contributed by atoms with E-state index in [4.69, 9.17) is 9.47 Å². The molecule has 2 heteroatoms. The maximum absolute atomic E-state index is 5.12. The fourth-order valence-electron chi connectivity index (χ4n) is 1.03. The molecule has 0 N–H and O–H groups in total. The Kier molecular flexibility index (Phi) is 2.58. The van der Waals surface area contributed by atoms with Crippen LogP contribution in [0.2, 0.25) is 0 Å². The van der Waals surface area contributed by atoms with E-state index in [1.807, 2.05) is 12.1 Å². The summed E-state index contributed by atoms with van der Waals surface area (Å²) in [6, 6.07) is 3.67. The van der Waals surface area contributed by atoms with Crippen LogP contribution in [0.15, 0.2) is 12.1 Å². The molecule has 64 valence electrons. The quantitative estimate of drug-likeness (QED) is 0.666. The van der Waals surface area contributed by atoms with Crippen LogP contribution in [0, 0.1) is 13.8 Å². The standard InChI is InChI=1S/C10H12O2/c1-7-5-6-9(11-3)10(12-4)8(7)2/h5-6H,1-2H2,3-4H3. The Labute approximate surface area is 73.1 Å². The zero-order valence-corrected chi connectivity index (χ0v) is 7.39. The van der Waals surface area contributed by atoms with Crippen LogP contribution in [0.5, 0.6) is 11.5 Å². The maximum atomic E-state index is 5.12. The predicted octanol–water partition coefficient (Wildman–Crippen LogP) is 2.07. The summed E-state index contributed by atoms with van der Waals surface area (Å²) in [7, 11) is 3.19. The SMILES string of the molecule is [CH2]c1ccc(OC)c(OC)c1[CH2]. The Bertz CT molecular complexity index is 279. The average Bonchev–Trinajstić information content (AvgIpc) is 2.09. The van der Waals surface area contributed by atoms with Crippen LogP contribution in [-0.4, -0.2) is 14.2 Å². The molecular weight excluding hydrogens is 152 g/mol. The minimum Gasteiger partial charge on any atom is -0.493 e. The Hall–Kier alpha value is -1.18. The number of hydrogen-bond acceptors (Lipinski definition) is 2. The first-order valence-electron chi connectivity index (χ1n) is 3.59. The van der Waals surface area contributed by atoms with Gasteiger partial charge in [-0.3, -0.25) is 0 Å². The van der Waals surface area contributed by atoms with Gasteiger partial charge in [-0.1, -0.05) is 6.07 Å². The molecule has 0 amide bonds. The van der Waals surface area contributed by atoms with E-state index in [0.717, 1.165) is 11.1 Å². The molecule has 0 aromatic heterocycles. The summed E-state index contributed by atoms with van der Waals surface area (Å²) < 4.78 is 10.2. The van der Waals surface area contributed by atoms with Crippen molar-refractivity contribution >= 4 is 0 Å². The first-order valence-corrected chi connectivity index (χ1v) is 3.59. The molecule has 0 unspecified atom stereocenters. The summed E-state index contributed by atoms with van der Waals surface area (Å²) >= 11 is 0. The van der Waals surface area contributed by atoms with Gasteiger partial charge in [-0.25, -0.2) is 0 Å². The van der Waals surface area contributed by atoms with Crippen molar-refractivity contribution < 1.29 is 9.47 Å². The van der Waals surface area contributed by atoms with E-state index in [9.17, 15) is 0 Å². The van der Waals surface area contributed by atoms with Crippen molar-refractivity contribution in [3.05, 3.63) is 37.1 Å². The molecule has 0 fully saturated rings. The normalized spacial score (nSPS) is 9.67. The first kappa shape index (κ1) is 8.91. The van der Waals surface area contributed by atoms with Gasteiger partial charge >= 0.3 is 0 Å². The van der Waals surface area contributed by atoms with E-state index < -0.39 is 0 Å². The van der Waals surface area contributed by atoms with Crippen LogP contribution in [0.25, 0.3) is 0 Å². The fraction of sp³-hybridized carbons (Fsp3) is 0.200. The molecule has 0 atom stereocenters. The van der Waals surface area contributed by atoms with E-state index in [1.54, 1.807) is 14.2 Å². The third kappa shape index (κ3) is 1.37. The maximum Gasteiger partial charge on any atom is 0.164 e. The lowest BCUT2D eigenvalue weighted by Gasteiger charge is -2.11. The number of benzene rings is 1. The van der Waals surface area contributed by atoms with Crippen molar-refractivity contribution in [1.29, 1.82) is 0 Å². The van der Waals surface area contributed by atoms with Crippen molar-refractivity contribution in [1.82, 2.24) is 0 Å². The summed E-state index contributed by atoms with van der Waals surface area (Å²) in [4.78, 5) is 0. The van der Waals surface area contributed by atoms with Crippen LogP contribution in [0.3, 0.4) is 0 Å². The van der Waals surface area contributed by atoms with Gasteiger partial charge in [-0.05, 0) is 25.5 Å². The summed E-state index contributed by atoms with van der Waals surface area (Å²) in [6.07, 6.45) is 0. The van der Waals surface area contributed by atoms with Gasteiger partial charge in [0, 0.05) is 5.56 Å². The zero-order valence-electron chi connectivity index (χ0n) is 7.39. The topological polar surface area (TPSA) is 18.5 Å².